The van der Waals surface area contributed by atoms with Crippen LogP contribution in [0.1, 0.15) is 28.4 Å². The molecule has 1 unspecified atom stereocenters. The average Bonchev–Trinajstić information content (AvgIpc) is 2.68. The number of hydrogen-bond donors (Lipinski definition) is 1. The fourth-order valence-electron chi connectivity index (χ4n) is 2.59. The highest BCUT2D eigenvalue weighted by molar-refractivity contribution is 9.10. The van der Waals surface area contributed by atoms with Gasteiger partial charge in [-0.3, -0.25) is 4.98 Å². The number of aliphatic hydroxyl groups is 1. The van der Waals surface area contributed by atoms with E-state index in [0.717, 1.165) is 15.6 Å². The Morgan fingerprint density at radius 2 is 2.00 bits per heavy atom. The second-order valence-electron chi connectivity index (χ2n) is 5.83. The summed E-state index contributed by atoms with van der Waals surface area (Å²) in [5.74, 6) is 0.458. The Labute approximate surface area is 160 Å². The van der Waals surface area contributed by atoms with Gasteiger partial charge in [0.15, 0.2) is 0 Å². The Bertz CT molecular complexity index is 923. The minimum Gasteiger partial charge on any atom is -0.487 e. The van der Waals surface area contributed by atoms with Crippen molar-refractivity contribution in [2.75, 3.05) is 0 Å². The third kappa shape index (κ3) is 4.48. The molecule has 0 aliphatic rings. The van der Waals surface area contributed by atoms with Crippen LogP contribution in [0, 0.1) is 11.3 Å². The molecule has 3 rings (SSSR count). The van der Waals surface area contributed by atoms with Crippen LogP contribution in [0.5, 0.6) is 5.75 Å². The Morgan fingerprint density at radius 1 is 1.15 bits per heavy atom. The van der Waals surface area contributed by atoms with Gasteiger partial charge in [0, 0.05) is 28.9 Å². The number of benzene rings is 2. The number of hydrogen-bond acceptors (Lipinski definition) is 4. The number of aliphatic hydroxyl groups excluding tert-OH is 1. The van der Waals surface area contributed by atoms with Gasteiger partial charge in [0.05, 0.1) is 11.7 Å². The summed E-state index contributed by atoms with van der Waals surface area (Å²) in [5, 5.41) is 19.9. The van der Waals surface area contributed by atoms with Crippen molar-refractivity contribution in [1.29, 1.82) is 5.26 Å². The van der Waals surface area contributed by atoms with Crippen LogP contribution in [0.3, 0.4) is 0 Å². The summed E-state index contributed by atoms with van der Waals surface area (Å²) in [6, 6.07) is 18.8. The van der Waals surface area contributed by atoms with Crippen LogP contribution in [0.15, 0.2) is 71.5 Å². The van der Waals surface area contributed by atoms with Gasteiger partial charge in [-0.15, -0.1) is 0 Å². The van der Waals surface area contributed by atoms with E-state index in [2.05, 4.69) is 27.0 Å². The Balaban J connectivity index is 1.78. The van der Waals surface area contributed by atoms with Crippen molar-refractivity contribution in [2.45, 2.75) is 19.1 Å². The maximum absolute atomic E-state index is 10.6. The standard InChI is InChI=1S/C21H17BrN2O2/c22-19-6-2-1-5-16(19)10-20(25)17-7-8-18(12-23)21(11-17)26-14-15-4-3-9-24-13-15/h1-9,11,13,20,25H,10,14H2. The molecule has 1 N–H and O–H groups in total. The maximum atomic E-state index is 10.6. The van der Waals surface area contributed by atoms with Gasteiger partial charge in [0.25, 0.3) is 0 Å². The van der Waals surface area contributed by atoms with Crippen molar-refractivity contribution in [3.8, 4) is 11.8 Å². The SMILES string of the molecule is N#Cc1ccc(C(O)Cc2ccccc2Br)cc1OCc1cccnc1. The van der Waals surface area contributed by atoms with Crippen LogP contribution in [0.4, 0.5) is 0 Å². The second-order valence-corrected chi connectivity index (χ2v) is 6.68. The third-order valence-electron chi connectivity index (χ3n) is 4.00. The van der Waals surface area contributed by atoms with Gasteiger partial charge in [-0.25, -0.2) is 0 Å². The summed E-state index contributed by atoms with van der Waals surface area (Å²) in [7, 11) is 0. The third-order valence-corrected chi connectivity index (χ3v) is 4.77. The molecule has 2 aromatic carbocycles. The molecule has 130 valence electrons. The zero-order valence-corrected chi connectivity index (χ0v) is 15.6. The summed E-state index contributed by atoms with van der Waals surface area (Å²) < 4.78 is 6.76. The lowest BCUT2D eigenvalue weighted by Crippen LogP contribution is -2.04. The Morgan fingerprint density at radius 3 is 2.73 bits per heavy atom. The van der Waals surface area contributed by atoms with Crippen LogP contribution < -0.4 is 4.74 Å². The van der Waals surface area contributed by atoms with Crippen molar-refractivity contribution >= 4 is 15.9 Å². The van der Waals surface area contributed by atoms with Gasteiger partial charge in [0.1, 0.15) is 18.4 Å². The van der Waals surface area contributed by atoms with Crippen molar-refractivity contribution < 1.29 is 9.84 Å². The van der Waals surface area contributed by atoms with E-state index in [9.17, 15) is 10.4 Å². The van der Waals surface area contributed by atoms with Gasteiger partial charge in [-0.1, -0.05) is 46.3 Å². The first-order chi connectivity index (χ1) is 12.7. The second kappa shape index (κ2) is 8.61. The number of aromatic nitrogens is 1. The van der Waals surface area contributed by atoms with E-state index in [-0.39, 0.29) is 0 Å². The van der Waals surface area contributed by atoms with Gasteiger partial charge >= 0.3 is 0 Å². The van der Waals surface area contributed by atoms with E-state index >= 15 is 0 Å². The smallest absolute Gasteiger partial charge is 0.137 e. The minimum atomic E-state index is -0.692. The summed E-state index contributed by atoms with van der Waals surface area (Å²) in [6.07, 6.45) is 3.19. The molecule has 0 saturated carbocycles. The van der Waals surface area contributed by atoms with Gasteiger partial charge in [-0.05, 0) is 35.4 Å². The lowest BCUT2D eigenvalue weighted by atomic mass is 10.00. The first-order valence-corrected chi connectivity index (χ1v) is 8.94. The van der Waals surface area contributed by atoms with Crippen LogP contribution in [-0.2, 0) is 13.0 Å². The zero-order valence-electron chi connectivity index (χ0n) is 14.0. The number of rotatable bonds is 6. The highest BCUT2D eigenvalue weighted by Gasteiger charge is 2.14. The van der Waals surface area contributed by atoms with E-state index in [0.29, 0.717) is 29.9 Å². The lowest BCUT2D eigenvalue weighted by Gasteiger charge is -2.15. The molecule has 1 atom stereocenters. The van der Waals surface area contributed by atoms with Crippen LogP contribution >= 0.6 is 15.9 Å². The lowest BCUT2D eigenvalue weighted by molar-refractivity contribution is 0.177. The molecule has 26 heavy (non-hydrogen) atoms. The number of ether oxygens (including phenoxy) is 1. The fourth-order valence-corrected chi connectivity index (χ4v) is 3.04. The van der Waals surface area contributed by atoms with Gasteiger partial charge < -0.3 is 9.84 Å². The van der Waals surface area contributed by atoms with Crippen molar-refractivity contribution in [3.63, 3.8) is 0 Å². The predicted molar refractivity (Wildman–Crippen MR) is 103 cm³/mol. The molecule has 0 fully saturated rings. The molecule has 0 saturated heterocycles. The highest BCUT2D eigenvalue weighted by atomic mass is 79.9. The molecule has 3 aromatic rings. The molecular weight excluding hydrogens is 392 g/mol. The Kier molecular flexibility index (Phi) is 6.00. The van der Waals surface area contributed by atoms with E-state index < -0.39 is 6.10 Å². The zero-order chi connectivity index (χ0) is 18.4. The van der Waals surface area contributed by atoms with Crippen molar-refractivity contribution in [1.82, 2.24) is 4.98 Å². The predicted octanol–water partition coefficient (Wildman–Crippen LogP) is 4.57. The van der Waals surface area contributed by atoms with Crippen LogP contribution in [0.25, 0.3) is 0 Å². The van der Waals surface area contributed by atoms with E-state index in [1.54, 1.807) is 30.6 Å². The molecule has 1 heterocycles. The summed E-state index contributed by atoms with van der Waals surface area (Å²) in [5.41, 5.74) is 3.07. The summed E-state index contributed by atoms with van der Waals surface area (Å²) in [4.78, 5) is 4.05. The van der Waals surface area contributed by atoms with Crippen LogP contribution in [-0.4, -0.2) is 10.1 Å². The normalized spacial score (nSPS) is 11.6. The van der Waals surface area contributed by atoms with E-state index in [4.69, 9.17) is 4.74 Å². The summed E-state index contributed by atoms with van der Waals surface area (Å²) >= 11 is 3.50. The number of halogens is 1. The first kappa shape index (κ1) is 18.1. The molecule has 4 nitrogen and oxygen atoms in total. The number of nitrogens with zero attached hydrogens (tertiary/aromatic N) is 2. The average molecular weight is 409 g/mol. The molecule has 5 heteroatoms. The van der Waals surface area contributed by atoms with Gasteiger partial charge in [-0.2, -0.15) is 5.26 Å². The largest absolute Gasteiger partial charge is 0.487 e. The minimum absolute atomic E-state index is 0.312. The molecule has 1 aromatic heterocycles. The molecular formula is C21H17BrN2O2. The first-order valence-electron chi connectivity index (χ1n) is 8.14. The highest BCUT2D eigenvalue weighted by Crippen LogP contribution is 2.28. The maximum Gasteiger partial charge on any atom is 0.137 e. The topological polar surface area (TPSA) is 66.1 Å². The van der Waals surface area contributed by atoms with E-state index in [1.165, 1.54) is 0 Å². The van der Waals surface area contributed by atoms with Gasteiger partial charge in [0.2, 0.25) is 0 Å². The fraction of sp³-hybridized carbons (Fsp3) is 0.143. The number of pyridine rings is 1. The summed E-state index contributed by atoms with van der Waals surface area (Å²) in [6.45, 7) is 0.312. The quantitative estimate of drug-likeness (QED) is 0.648. The Hall–Kier alpha value is -2.68. The molecule has 0 radical (unpaired) electrons. The molecule has 0 amide bonds. The molecule has 0 bridgehead atoms. The monoisotopic (exact) mass is 408 g/mol. The molecule has 0 aliphatic heterocycles. The van der Waals surface area contributed by atoms with Crippen LogP contribution in [0.2, 0.25) is 0 Å². The number of nitriles is 1. The molecule has 0 spiro atoms. The van der Waals surface area contributed by atoms with Crippen molar-refractivity contribution in [2.24, 2.45) is 0 Å². The van der Waals surface area contributed by atoms with Crippen molar-refractivity contribution in [3.05, 3.63) is 93.7 Å². The molecule has 0 aliphatic carbocycles. The van der Waals surface area contributed by atoms with E-state index in [1.807, 2.05) is 36.4 Å².